The zero-order chi connectivity index (χ0) is 11.4. The molecule has 0 aliphatic carbocycles. The first-order valence-corrected chi connectivity index (χ1v) is 5.89. The average Bonchev–Trinajstić information content (AvgIpc) is 2.83. The van der Waals surface area contributed by atoms with Gasteiger partial charge in [0, 0.05) is 26.4 Å². The normalized spacial score (nSPS) is 25.1. The summed E-state index contributed by atoms with van der Waals surface area (Å²) < 4.78 is 10.6. The molecule has 2 rings (SSSR count). The van der Waals surface area contributed by atoms with Crippen LogP contribution in [0.1, 0.15) is 31.5 Å². The van der Waals surface area contributed by atoms with E-state index in [0.717, 1.165) is 31.8 Å². The second-order valence-electron chi connectivity index (χ2n) is 4.33. The van der Waals surface area contributed by atoms with Crippen molar-refractivity contribution in [3.05, 3.63) is 11.7 Å². The topological polar surface area (TPSA) is 60.2 Å². The largest absolute Gasteiger partial charge is 0.374 e. The fourth-order valence-electron chi connectivity index (χ4n) is 1.94. The second kappa shape index (κ2) is 5.41. The fourth-order valence-corrected chi connectivity index (χ4v) is 1.94. The van der Waals surface area contributed by atoms with E-state index in [4.69, 9.17) is 9.26 Å². The quantitative estimate of drug-likeness (QED) is 0.760. The number of nitrogens with zero attached hydrogens (tertiary/aromatic N) is 2. The van der Waals surface area contributed by atoms with Crippen LogP contribution < -0.4 is 5.32 Å². The second-order valence-corrected chi connectivity index (χ2v) is 4.33. The van der Waals surface area contributed by atoms with Crippen molar-refractivity contribution in [2.75, 3.05) is 13.1 Å². The Kier molecular flexibility index (Phi) is 3.90. The molecule has 1 fully saturated rings. The lowest BCUT2D eigenvalue weighted by atomic mass is 10.2. The van der Waals surface area contributed by atoms with Gasteiger partial charge < -0.3 is 14.6 Å². The summed E-state index contributed by atoms with van der Waals surface area (Å²) in [5.74, 6) is 1.40. The summed E-state index contributed by atoms with van der Waals surface area (Å²) in [6.07, 6.45) is 3.94. The van der Waals surface area contributed by atoms with Crippen LogP contribution in [0.15, 0.2) is 4.52 Å². The predicted octanol–water partition coefficient (Wildman–Crippen LogP) is 1.08. The zero-order valence-corrected chi connectivity index (χ0v) is 9.90. The van der Waals surface area contributed by atoms with E-state index >= 15 is 0 Å². The van der Waals surface area contributed by atoms with E-state index in [2.05, 4.69) is 22.4 Å². The smallest absolute Gasteiger partial charge is 0.223 e. The number of ether oxygens (including phenoxy) is 1. The molecule has 0 saturated carbocycles. The van der Waals surface area contributed by atoms with Crippen LogP contribution in [0.5, 0.6) is 0 Å². The molecule has 2 atom stereocenters. The molecule has 90 valence electrons. The highest BCUT2D eigenvalue weighted by molar-refractivity contribution is 4.84. The Morgan fingerprint density at radius 3 is 2.94 bits per heavy atom. The molecule has 5 heteroatoms. The van der Waals surface area contributed by atoms with E-state index in [0.29, 0.717) is 18.1 Å². The monoisotopic (exact) mass is 225 g/mol. The van der Waals surface area contributed by atoms with Gasteiger partial charge in [-0.15, -0.1) is 0 Å². The van der Waals surface area contributed by atoms with Crippen molar-refractivity contribution in [2.45, 2.75) is 45.3 Å². The van der Waals surface area contributed by atoms with Crippen molar-refractivity contribution in [2.24, 2.45) is 0 Å². The molecule has 1 aliphatic rings. The van der Waals surface area contributed by atoms with E-state index in [9.17, 15) is 0 Å². The van der Waals surface area contributed by atoms with E-state index in [1.54, 1.807) is 6.92 Å². The molecule has 5 nitrogen and oxygen atoms in total. The molecule has 1 aromatic heterocycles. The highest BCUT2D eigenvalue weighted by atomic mass is 16.5. The maximum atomic E-state index is 5.71. The van der Waals surface area contributed by atoms with Gasteiger partial charge in [0.05, 0.1) is 12.2 Å². The molecule has 1 N–H and O–H groups in total. The maximum absolute atomic E-state index is 5.71. The summed E-state index contributed by atoms with van der Waals surface area (Å²) in [5.41, 5.74) is 0. The Balaban J connectivity index is 1.58. The first-order chi connectivity index (χ1) is 7.74. The molecule has 16 heavy (non-hydrogen) atoms. The molecule has 1 aromatic rings. The van der Waals surface area contributed by atoms with Gasteiger partial charge in [-0.1, -0.05) is 5.16 Å². The maximum Gasteiger partial charge on any atom is 0.223 e. The van der Waals surface area contributed by atoms with E-state index in [1.807, 2.05) is 0 Å². The molecule has 0 aromatic carbocycles. The van der Waals surface area contributed by atoms with E-state index < -0.39 is 0 Å². The van der Waals surface area contributed by atoms with Gasteiger partial charge in [-0.05, 0) is 19.8 Å². The summed E-state index contributed by atoms with van der Waals surface area (Å²) in [5, 5.41) is 7.20. The van der Waals surface area contributed by atoms with Crippen LogP contribution in [0.4, 0.5) is 0 Å². The number of hydrogen-bond acceptors (Lipinski definition) is 5. The fraction of sp³-hybridized carbons (Fsp3) is 0.818. The predicted molar refractivity (Wildman–Crippen MR) is 59.2 cm³/mol. The lowest BCUT2D eigenvalue weighted by molar-refractivity contribution is 0.0562. The van der Waals surface area contributed by atoms with Gasteiger partial charge in [0.15, 0.2) is 5.82 Å². The van der Waals surface area contributed by atoms with Gasteiger partial charge in [0.2, 0.25) is 5.89 Å². The summed E-state index contributed by atoms with van der Waals surface area (Å²) in [6, 6.07) is 0. The lowest BCUT2D eigenvalue weighted by Gasteiger charge is -2.11. The minimum atomic E-state index is 0.377. The molecule has 0 spiro atoms. The van der Waals surface area contributed by atoms with E-state index in [1.165, 1.54) is 6.42 Å². The van der Waals surface area contributed by atoms with Crippen molar-refractivity contribution in [3.8, 4) is 0 Å². The van der Waals surface area contributed by atoms with Crippen LogP contribution >= 0.6 is 0 Å². The van der Waals surface area contributed by atoms with Gasteiger partial charge in [-0.2, -0.15) is 4.98 Å². The lowest BCUT2D eigenvalue weighted by Crippen LogP contribution is -2.28. The molecule has 1 aliphatic heterocycles. The summed E-state index contributed by atoms with van der Waals surface area (Å²) in [4.78, 5) is 4.14. The number of rotatable bonds is 5. The number of aryl methyl sites for hydroxylation is 1. The number of hydrogen-bond donors (Lipinski definition) is 1. The van der Waals surface area contributed by atoms with Crippen molar-refractivity contribution in [1.29, 1.82) is 0 Å². The Hall–Kier alpha value is -0.940. The van der Waals surface area contributed by atoms with Crippen LogP contribution in [0.2, 0.25) is 0 Å². The number of nitrogens with one attached hydrogen (secondary N) is 1. The van der Waals surface area contributed by atoms with Gasteiger partial charge in [-0.3, -0.25) is 0 Å². The summed E-state index contributed by atoms with van der Waals surface area (Å²) in [7, 11) is 0. The van der Waals surface area contributed by atoms with Crippen LogP contribution in [0, 0.1) is 6.92 Å². The molecule has 0 bridgehead atoms. The molecule has 2 heterocycles. The molecule has 1 saturated heterocycles. The minimum absolute atomic E-state index is 0.377. The minimum Gasteiger partial charge on any atom is -0.374 e. The third-order valence-electron chi connectivity index (χ3n) is 2.79. The van der Waals surface area contributed by atoms with Crippen LogP contribution in [-0.2, 0) is 11.2 Å². The van der Waals surface area contributed by atoms with E-state index in [-0.39, 0.29) is 0 Å². The third-order valence-corrected chi connectivity index (χ3v) is 2.79. The van der Waals surface area contributed by atoms with Crippen molar-refractivity contribution in [1.82, 2.24) is 15.5 Å². The van der Waals surface area contributed by atoms with Gasteiger partial charge in [0.1, 0.15) is 0 Å². The first-order valence-electron chi connectivity index (χ1n) is 5.89. The SMILES string of the molecule is Cc1nc(CCNCC2CCC(C)O2)no1. The highest BCUT2D eigenvalue weighted by Gasteiger charge is 2.20. The third kappa shape index (κ3) is 3.28. The molecule has 0 radical (unpaired) electrons. The van der Waals surface area contributed by atoms with Crippen LogP contribution in [-0.4, -0.2) is 35.4 Å². The summed E-state index contributed by atoms with van der Waals surface area (Å²) >= 11 is 0. The first kappa shape index (κ1) is 11.5. The van der Waals surface area contributed by atoms with Crippen LogP contribution in [0.25, 0.3) is 0 Å². The van der Waals surface area contributed by atoms with Crippen molar-refractivity contribution >= 4 is 0 Å². The zero-order valence-electron chi connectivity index (χ0n) is 9.90. The molecule has 0 amide bonds. The molecule has 2 unspecified atom stereocenters. The Labute approximate surface area is 95.6 Å². The van der Waals surface area contributed by atoms with Crippen molar-refractivity contribution in [3.63, 3.8) is 0 Å². The Bertz CT molecular complexity index is 327. The molecular weight excluding hydrogens is 206 g/mol. The highest BCUT2D eigenvalue weighted by Crippen LogP contribution is 2.17. The van der Waals surface area contributed by atoms with Gasteiger partial charge in [-0.25, -0.2) is 0 Å². The van der Waals surface area contributed by atoms with Gasteiger partial charge >= 0.3 is 0 Å². The standard InChI is InChI=1S/C11H19N3O2/c1-8-3-4-10(15-8)7-12-6-5-11-13-9(2)16-14-11/h8,10,12H,3-7H2,1-2H3. The van der Waals surface area contributed by atoms with Crippen molar-refractivity contribution < 1.29 is 9.26 Å². The average molecular weight is 225 g/mol. The van der Waals surface area contributed by atoms with Crippen LogP contribution in [0.3, 0.4) is 0 Å². The van der Waals surface area contributed by atoms with Gasteiger partial charge in [0.25, 0.3) is 0 Å². The number of aromatic nitrogens is 2. The molecular formula is C11H19N3O2. The Morgan fingerprint density at radius 1 is 1.44 bits per heavy atom. The Morgan fingerprint density at radius 2 is 2.31 bits per heavy atom. The summed E-state index contributed by atoms with van der Waals surface area (Å²) in [6.45, 7) is 5.72.